The van der Waals surface area contributed by atoms with E-state index in [1.54, 1.807) is 30.0 Å². The predicted octanol–water partition coefficient (Wildman–Crippen LogP) is 4.18. The number of ether oxygens (including phenoxy) is 1. The summed E-state index contributed by atoms with van der Waals surface area (Å²) in [6.45, 7) is 8.66. The summed E-state index contributed by atoms with van der Waals surface area (Å²) >= 11 is 3.35. The number of nitrogens with one attached hydrogen (secondary N) is 2. The van der Waals surface area contributed by atoms with Gasteiger partial charge in [-0.25, -0.2) is 4.98 Å². The number of nitrogens with zero attached hydrogens (tertiary/aromatic N) is 4. The fraction of sp³-hybridized carbons (Fsp3) is 0.409. The summed E-state index contributed by atoms with van der Waals surface area (Å²) in [5.74, 6) is 0.611. The third-order valence-corrected chi connectivity index (χ3v) is 6.60. The molecular weight excluding hydrogens is 444 g/mol. The highest BCUT2D eigenvalue weighted by molar-refractivity contribution is 8.14. The zero-order valence-corrected chi connectivity index (χ0v) is 20.3. The number of hydrogen-bond donors (Lipinski definition) is 2. The maximum absolute atomic E-state index is 12.1. The van der Waals surface area contributed by atoms with Crippen LogP contribution in [0.5, 0.6) is 5.75 Å². The summed E-state index contributed by atoms with van der Waals surface area (Å²) in [5, 5.41) is 11.9. The second kappa shape index (κ2) is 11.8. The van der Waals surface area contributed by atoms with Gasteiger partial charge in [0.15, 0.2) is 5.78 Å². The van der Waals surface area contributed by atoms with Crippen LogP contribution in [-0.4, -0.2) is 52.3 Å². The molecule has 0 radical (unpaired) electrons. The molecule has 0 amide bonds. The van der Waals surface area contributed by atoms with Gasteiger partial charge in [-0.05, 0) is 26.0 Å². The Kier molecular flexibility index (Phi) is 8.81. The molecule has 1 aromatic carbocycles. The Morgan fingerprint density at radius 1 is 1.28 bits per heavy atom. The molecule has 10 heteroatoms. The number of anilines is 1. The first-order valence-electron chi connectivity index (χ1n) is 10.4. The van der Waals surface area contributed by atoms with Gasteiger partial charge in [0.05, 0.1) is 29.6 Å². The molecule has 2 N–H and O–H groups in total. The molecule has 0 aliphatic carbocycles. The quantitative estimate of drug-likeness (QED) is 0.376. The number of benzene rings is 1. The molecule has 32 heavy (non-hydrogen) atoms. The van der Waals surface area contributed by atoms with Crippen LogP contribution in [-0.2, 0) is 4.79 Å². The van der Waals surface area contributed by atoms with Crippen LogP contribution in [0.1, 0.15) is 38.7 Å². The maximum Gasteiger partial charge on any atom is 0.179 e. The SMILES string of the molecule is CCOc1ccccc1NC/N=C(C(C)=O)\C(C)=N/NCC1=NC(c2nccs2)C(C)S1. The van der Waals surface area contributed by atoms with E-state index >= 15 is 0 Å². The highest BCUT2D eigenvalue weighted by atomic mass is 32.2. The minimum absolute atomic E-state index is 0.0851. The minimum atomic E-state index is -0.141. The molecule has 1 aliphatic heterocycles. The molecule has 0 saturated carbocycles. The van der Waals surface area contributed by atoms with Gasteiger partial charge in [0.1, 0.15) is 29.2 Å². The van der Waals surface area contributed by atoms with Gasteiger partial charge in [-0.3, -0.25) is 14.8 Å². The topological polar surface area (TPSA) is 100 Å². The molecule has 3 rings (SSSR count). The van der Waals surface area contributed by atoms with Crippen LogP contribution in [0.15, 0.2) is 50.9 Å². The van der Waals surface area contributed by atoms with Crippen molar-refractivity contribution in [3.8, 4) is 5.75 Å². The molecule has 0 fully saturated rings. The number of aliphatic imine (C=N–C) groups is 2. The van der Waals surface area contributed by atoms with Crippen molar-refractivity contribution in [3.63, 3.8) is 0 Å². The van der Waals surface area contributed by atoms with Crippen LogP contribution in [0.2, 0.25) is 0 Å². The molecule has 0 saturated heterocycles. The minimum Gasteiger partial charge on any atom is -0.492 e. The Labute approximate surface area is 196 Å². The standard InChI is InChI=1S/C22H28N6O2S2/c1-5-30-18-9-7-6-8-17(18)24-13-25-20(15(3)29)14(2)28-26-12-19-27-21(16(4)32-19)22-23-10-11-31-22/h6-11,16,21,24,26H,5,12-13H2,1-4H3/b25-20+,28-14-. The molecule has 1 aromatic heterocycles. The number of thiazole rings is 1. The van der Waals surface area contributed by atoms with Crippen LogP contribution in [0.3, 0.4) is 0 Å². The van der Waals surface area contributed by atoms with E-state index in [2.05, 4.69) is 32.7 Å². The number of carbonyl (C=O) groups is 1. The van der Waals surface area contributed by atoms with E-state index in [9.17, 15) is 4.79 Å². The van der Waals surface area contributed by atoms with Crippen molar-refractivity contribution in [2.75, 3.05) is 25.1 Å². The van der Waals surface area contributed by atoms with Gasteiger partial charge in [-0.15, -0.1) is 23.1 Å². The fourth-order valence-electron chi connectivity index (χ4n) is 3.15. The number of hydrazone groups is 1. The molecule has 2 atom stereocenters. The normalized spacial score (nSPS) is 18.9. The van der Waals surface area contributed by atoms with Crippen LogP contribution >= 0.6 is 23.1 Å². The molecule has 8 nitrogen and oxygen atoms in total. The summed E-state index contributed by atoms with van der Waals surface area (Å²) in [6, 6.07) is 7.72. The third-order valence-electron chi connectivity index (χ3n) is 4.60. The zero-order valence-electron chi connectivity index (χ0n) is 18.7. The lowest BCUT2D eigenvalue weighted by atomic mass is 10.2. The highest BCUT2D eigenvalue weighted by Crippen LogP contribution is 2.37. The van der Waals surface area contributed by atoms with E-state index in [0.29, 0.717) is 29.8 Å². The summed E-state index contributed by atoms with van der Waals surface area (Å²) in [4.78, 5) is 25.7. The first-order valence-corrected chi connectivity index (χ1v) is 12.2. The molecule has 170 valence electrons. The van der Waals surface area contributed by atoms with Gasteiger partial charge in [0.25, 0.3) is 0 Å². The van der Waals surface area contributed by atoms with Crippen molar-refractivity contribution < 1.29 is 9.53 Å². The van der Waals surface area contributed by atoms with E-state index in [4.69, 9.17) is 9.73 Å². The Hall–Kier alpha value is -2.72. The lowest BCUT2D eigenvalue weighted by Gasteiger charge is -2.11. The van der Waals surface area contributed by atoms with Gasteiger partial charge in [0, 0.05) is 23.8 Å². The van der Waals surface area contributed by atoms with Gasteiger partial charge < -0.3 is 15.5 Å². The van der Waals surface area contributed by atoms with Crippen molar-refractivity contribution in [2.24, 2.45) is 15.1 Å². The number of aromatic nitrogens is 1. The second-order valence-electron chi connectivity index (χ2n) is 7.02. The third kappa shape index (κ3) is 6.39. The molecule has 1 aliphatic rings. The number of para-hydroxylation sites is 2. The van der Waals surface area contributed by atoms with Gasteiger partial charge in [-0.1, -0.05) is 19.1 Å². The van der Waals surface area contributed by atoms with Crippen LogP contribution in [0.4, 0.5) is 5.69 Å². The van der Waals surface area contributed by atoms with Crippen LogP contribution in [0.25, 0.3) is 0 Å². The Balaban J connectivity index is 1.58. The number of Topliss-reactive ketones (excluding diaryl/α,β-unsaturated/α-hetero) is 1. The first-order chi connectivity index (χ1) is 15.5. The Morgan fingerprint density at radius 2 is 2.09 bits per heavy atom. The summed E-state index contributed by atoms with van der Waals surface area (Å²) in [6.07, 6.45) is 1.81. The van der Waals surface area contributed by atoms with Crippen molar-refractivity contribution in [1.29, 1.82) is 0 Å². The maximum atomic E-state index is 12.1. The van der Waals surface area contributed by atoms with E-state index in [0.717, 1.165) is 21.5 Å². The van der Waals surface area contributed by atoms with Crippen LogP contribution < -0.4 is 15.5 Å². The molecule has 2 heterocycles. The van der Waals surface area contributed by atoms with Crippen molar-refractivity contribution in [2.45, 2.75) is 39.0 Å². The first kappa shape index (κ1) is 23.9. The van der Waals surface area contributed by atoms with Gasteiger partial charge >= 0.3 is 0 Å². The molecule has 0 bridgehead atoms. The number of carbonyl (C=O) groups excluding carboxylic acids is 1. The number of rotatable bonds is 11. The predicted molar refractivity (Wildman–Crippen MR) is 135 cm³/mol. The fourth-order valence-corrected chi connectivity index (χ4v) is 5.09. The lowest BCUT2D eigenvalue weighted by molar-refractivity contribution is -0.110. The van der Waals surface area contributed by atoms with E-state index in [-0.39, 0.29) is 18.5 Å². The Bertz CT molecular complexity index is 1000. The smallest absolute Gasteiger partial charge is 0.179 e. The van der Waals surface area contributed by atoms with Gasteiger partial charge in [0.2, 0.25) is 0 Å². The summed E-state index contributed by atoms with van der Waals surface area (Å²) < 4.78 is 5.60. The molecule has 2 aromatic rings. The summed E-state index contributed by atoms with van der Waals surface area (Å²) in [7, 11) is 0. The molecule has 0 spiro atoms. The summed E-state index contributed by atoms with van der Waals surface area (Å²) in [5.41, 5.74) is 4.72. The average Bonchev–Trinajstić information content (AvgIpc) is 3.41. The van der Waals surface area contributed by atoms with Gasteiger partial charge in [-0.2, -0.15) is 5.10 Å². The van der Waals surface area contributed by atoms with Crippen molar-refractivity contribution in [1.82, 2.24) is 10.4 Å². The number of hydrogen-bond acceptors (Lipinski definition) is 10. The van der Waals surface area contributed by atoms with Crippen molar-refractivity contribution in [3.05, 3.63) is 40.8 Å². The lowest BCUT2D eigenvalue weighted by Crippen LogP contribution is -2.25. The van der Waals surface area contributed by atoms with Crippen LogP contribution in [0, 0.1) is 0 Å². The average molecular weight is 473 g/mol. The van der Waals surface area contributed by atoms with Crippen molar-refractivity contribution >= 4 is 51.0 Å². The van der Waals surface area contributed by atoms with E-state index in [1.807, 2.05) is 42.8 Å². The number of ketones is 1. The molecular formula is C22H28N6O2S2. The molecule has 2 unspecified atom stereocenters. The highest BCUT2D eigenvalue weighted by Gasteiger charge is 2.29. The zero-order chi connectivity index (χ0) is 22.9. The largest absolute Gasteiger partial charge is 0.492 e. The monoisotopic (exact) mass is 472 g/mol. The van der Waals surface area contributed by atoms with E-state index < -0.39 is 0 Å². The second-order valence-corrected chi connectivity index (χ2v) is 9.40. The Morgan fingerprint density at radius 3 is 2.81 bits per heavy atom. The number of thioether (sulfide) groups is 1. The van der Waals surface area contributed by atoms with E-state index in [1.165, 1.54) is 6.92 Å².